The Morgan fingerprint density at radius 2 is 2.05 bits per heavy atom. The monoisotopic (exact) mass is 324 g/mol. The van der Waals surface area contributed by atoms with E-state index in [9.17, 15) is 4.79 Å². The van der Waals surface area contributed by atoms with E-state index in [0.29, 0.717) is 27.6 Å². The van der Waals surface area contributed by atoms with Crippen LogP contribution in [0.25, 0.3) is 11.5 Å². The van der Waals surface area contributed by atoms with Gasteiger partial charge in [0.1, 0.15) is 10.2 Å². The first kappa shape index (κ1) is 13.7. The zero-order valence-electron chi connectivity index (χ0n) is 10.8. The van der Waals surface area contributed by atoms with E-state index in [4.69, 9.17) is 4.74 Å². The molecule has 0 saturated heterocycles. The largest absolute Gasteiger partial charge is 0.480 e. The van der Waals surface area contributed by atoms with Crippen LogP contribution in [-0.2, 0) is 0 Å². The molecule has 0 saturated carbocycles. The van der Waals surface area contributed by atoms with Crippen LogP contribution in [0.15, 0.2) is 21.4 Å². The summed E-state index contributed by atoms with van der Waals surface area (Å²) in [5.41, 5.74) is 0.954. The fourth-order valence-corrected chi connectivity index (χ4v) is 2.18. The third-order valence-electron chi connectivity index (χ3n) is 2.53. The standard InChI is InChI=1S/C12H13BrN4O2/c1-6(2)10-9(13)12(18)15-11(14-10)7-4-5-8(19-3)17-16-7/h4-6H,1-3H3,(H,14,15,18). The lowest BCUT2D eigenvalue weighted by molar-refractivity contribution is 0.392. The fourth-order valence-electron chi connectivity index (χ4n) is 1.54. The Morgan fingerprint density at radius 1 is 1.32 bits per heavy atom. The first-order valence-electron chi connectivity index (χ1n) is 5.70. The Labute approximate surface area is 118 Å². The lowest BCUT2D eigenvalue weighted by Gasteiger charge is -2.08. The number of aromatic amines is 1. The molecule has 0 fully saturated rings. The van der Waals surface area contributed by atoms with Crippen LogP contribution >= 0.6 is 15.9 Å². The highest BCUT2D eigenvalue weighted by atomic mass is 79.9. The summed E-state index contributed by atoms with van der Waals surface area (Å²) in [6, 6.07) is 3.36. The van der Waals surface area contributed by atoms with E-state index >= 15 is 0 Å². The Hall–Kier alpha value is -1.76. The normalized spacial score (nSPS) is 10.8. The summed E-state index contributed by atoms with van der Waals surface area (Å²) in [6.07, 6.45) is 0. The summed E-state index contributed by atoms with van der Waals surface area (Å²) in [6.45, 7) is 3.94. The number of aromatic nitrogens is 4. The van der Waals surface area contributed by atoms with Crippen molar-refractivity contribution >= 4 is 15.9 Å². The Morgan fingerprint density at radius 3 is 2.58 bits per heavy atom. The molecule has 0 aliphatic rings. The van der Waals surface area contributed by atoms with Gasteiger partial charge in [-0.1, -0.05) is 13.8 Å². The highest BCUT2D eigenvalue weighted by molar-refractivity contribution is 9.10. The number of methoxy groups -OCH3 is 1. The molecule has 2 heterocycles. The first-order chi connectivity index (χ1) is 9.02. The zero-order chi connectivity index (χ0) is 14.0. The summed E-state index contributed by atoms with van der Waals surface area (Å²) in [5, 5.41) is 7.82. The van der Waals surface area contributed by atoms with E-state index in [1.54, 1.807) is 12.1 Å². The van der Waals surface area contributed by atoms with Gasteiger partial charge in [0.05, 0.1) is 12.8 Å². The van der Waals surface area contributed by atoms with Gasteiger partial charge in [0.15, 0.2) is 5.82 Å². The van der Waals surface area contributed by atoms with E-state index in [1.807, 2.05) is 13.8 Å². The number of hydrogen-bond acceptors (Lipinski definition) is 5. The van der Waals surface area contributed by atoms with E-state index in [0.717, 1.165) is 0 Å². The molecular weight excluding hydrogens is 312 g/mol. The van der Waals surface area contributed by atoms with Crippen LogP contribution < -0.4 is 10.3 Å². The summed E-state index contributed by atoms with van der Waals surface area (Å²) < 4.78 is 5.39. The van der Waals surface area contributed by atoms with E-state index in [2.05, 4.69) is 36.1 Å². The van der Waals surface area contributed by atoms with Crippen molar-refractivity contribution in [2.75, 3.05) is 7.11 Å². The molecule has 0 amide bonds. The first-order valence-corrected chi connectivity index (χ1v) is 6.50. The van der Waals surface area contributed by atoms with Crippen molar-refractivity contribution in [3.05, 3.63) is 32.7 Å². The Kier molecular flexibility index (Phi) is 3.94. The number of nitrogens with zero attached hydrogens (tertiary/aromatic N) is 3. The van der Waals surface area contributed by atoms with Gasteiger partial charge in [-0.05, 0) is 27.9 Å². The molecule has 0 radical (unpaired) electrons. The number of H-pyrrole nitrogens is 1. The third-order valence-corrected chi connectivity index (χ3v) is 3.29. The quantitative estimate of drug-likeness (QED) is 0.935. The molecule has 1 N–H and O–H groups in total. The lowest BCUT2D eigenvalue weighted by atomic mass is 10.1. The summed E-state index contributed by atoms with van der Waals surface area (Å²) in [7, 11) is 1.51. The molecule has 0 atom stereocenters. The lowest BCUT2D eigenvalue weighted by Crippen LogP contribution is -2.15. The molecule has 0 aliphatic carbocycles. The third kappa shape index (κ3) is 2.81. The molecule has 6 nitrogen and oxygen atoms in total. The highest BCUT2D eigenvalue weighted by Crippen LogP contribution is 2.21. The van der Waals surface area contributed by atoms with Crippen molar-refractivity contribution in [1.82, 2.24) is 20.2 Å². The summed E-state index contributed by atoms with van der Waals surface area (Å²) in [4.78, 5) is 18.9. The van der Waals surface area contributed by atoms with Crippen molar-refractivity contribution in [3.8, 4) is 17.4 Å². The smallest absolute Gasteiger partial charge is 0.265 e. The van der Waals surface area contributed by atoms with E-state index in [1.165, 1.54) is 7.11 Å². The van der Waals surface area contributed by atoms with Crippen LogP contribution in [0.5, 0.6) is 5.88 Å². The van der Waals surface area contributed by atoms with Gasteiger partial charge in [0, 0.05) is 6.07 Å². The maximum atomic E-state index is 11.8. The molecule has 0 spiro atoms. The van der Waals surface area contributed by atoms with Crippen LogP contribution in [0, 0.1) is 0 Å². The molecule has 2 aromatic heterocycles. The van der Waals surface area contributed by atoms with Crippen LogP contribution in [0.1, 0.15) is 25.5 Å². The average Bonchev–Trinajstić information content (AvgIpc) is 2.41. The molecule has 0 aromatic carbocycles. The molecule has 7 heteroatoms. The van der Waals surface area contributed by atoms with Crippen LogP contribution in [0.2, 0.25) is 0 Å². The minimum atomic E-state index is -0.230. The number of ether oxygens (including phenoxy) is 1. The molecule has 2 aromatic rings. The summed E-state index contributed by atoms with van der Waals surface area (Å²) >= 11 is 3.25. The second-order valence-corrected chi connectivity index (χ2v) is 5.02. The number of nitrogens with one attached hydrogen (secondary N) is 1. The van der Waals surface area contributed by atoms with Gasteiger partial charge >= 0.3 is 0 Å². The molecule has 0 bridgehead atoms. The highest BCUT2D eigenvalue weighted by Gasteiger charge is 2.14. The maximum absolute atomic E-state index is 11.8. The van der Waals surface area contributed by atoms with Crippen molar-refractivity contribution in [1.29, 1.82) is 0 Å². The van der Waals surface area contributed by atoms with Gasteiger partial charge < -0.3 is 9.72 Å². The second kappa shape index (κ2) is 5.48. The number of rotatable bonds is 3. The van der Waals surface area contributed by atoms with Gasteiger partial charge in [0.25, 0.3) is 5.56 Å². The van der Waals surface area contributed by atoms with E-state index < -0.39 is 0 Å². The molecule has 0 aliphatic heterocycles. The topological polar surface area (TPSA) is 80.8 Å². The molecule has 0 unspecified atom stereocenters. The minimum absolute atomic E-state index is 0.127. The summed E-state index contributed by atoms with van der Waals surface area (Å²) in [5.74, 6) is 0.931. The van der Waals surface area contributed by atoms with Crippen molar-refractivity contribution in [2.45, 2.75) is 19.8 Å². The molecular formula is C12H13BrN4O2. The molecule has 100 valence electrons. The minimum Gasteiger partial charge on any atom is -0.480 e. The molecule has 19 heavy (non-hydrogen) atoms. The zero-order valence-corrected chi connectivity index (χ0v) is 12.4. The predicted octanol–water partition coefficient (Wildman–Crippen LogP) is 2.12. The number of halogens is 1. The van der Waals surface area contributed by atoms with Gasteiger partial charge in [-0.15, -0.1) is 10.2 Å². The van der Waals surface area contributed by atoms with Gasteiger partial charge in [-0.3, -0.25) is 4.79 Å². The molecule has 2 rings (SSSR count). The predicted molar refractivity (Wildman–Crippen MR) is 74.2 cm³/mol. The van der Waals surface area contributed by atoms with Gasteiger partial charge in [0.2, 0.25) is 5.88 Å². The fraction of sp³-hybridized carbons (Fsp3) is 0.333. The van der Waals surface area contributed by atoms with Gasteiger partial charge in [-0.25, -0.2) is 4.98 Å². The van der Waals surface area contributed by atoms with Crippen molar-refractivity contribution in [2.24, 2.45) is 0 Å². The maximum Gasteiger partial charge on any atom is 0.265 e. The van der Waals surface area contributed by atoms with E-state index in [-0.39, 0.29) is 11.5 Å². The van der Waals surface area contributed by atoms with Crippen molar-refractivity contribution < 1.29 is 4.74 Å². The van der Waals surface area contributed by atoms with Crippen molar-refractivity contribution in [3.63, 3.8) is 0 Å². The Balaban J connectivity index is 2.53. The number of hydrogen-bond donors (Lipinski definition) is 1. The van der Waals surface area contributed by atoms with Gasteiger partial charge in [-0.2, -0.15) is 0 Å². The SMILES string of the molecule is COc1ccc(-c2nc(C(C)C)c(Br)c(=O)[nH]2)nn1. The van der Waals surface area contributed by atoms with Crippen LogP contribution in [0.3, 0.4) is 0 Å². The second-order valence-electron chi connectivity index (χ2n) is 4.23. The van der Waals surface area contributed by atoms with Crippen LogP contribution in [0.4, 0.5) is 0 Å². The van der Waals surface area contributed by atoms with Crippen LogP contribution in [-0.4, -0.2) is 27.3 Å². The average molecular weight is 325 g/mol. The Bertz CT molecular complexity index is 637.